The molecule has 1 aromatic rings. The van der Waals surface area contributed by atoms with Crippen LogP contribution in [0, 0.1) is 0 Å². The molecule has 1 aromatic heterocycles. The van der Waals surface area contributed by atoms with Gasteiger partial charge in [0.25, 0.3) is 0 Å². The molecule has 4 N–H and O–H groups in total. The number of nitrogens with two attached hydrogens (primary N) is 1. The number of anilines is 1. The first-order valence-corrected chi connectivity index (χ1v) is 6.09. The molecule has 17 heavy (non-hydrogen) atoms. The van der Waals surface area contributed by atoms with E-state index in [2.05, 4.69) is 15.3 Å². The number of pyridine rings is 1. The molecule has 0 saturated carbocycles. The van der Waals surface area contributed by atoms with Crippen LogP contribution in [0.3, 0.4) is 0 Å². The van der Waals surface area contributed by atoms with E-state index >= 15 is 0 Å². The number of β-amino-alcohol motifs (C(OH)–C–C–N with tert-alkyl or cyclic N) is 1. The summed E-state index contributed by atoms with van der Waals surface area (Å²) in [5.74, 6) is 5.91. The Morgan fingerprint density at radius 3 is 3.12 bits per heavy atom. The van der Waals surface area contributed by atoms with Gasteiger partial charge >= 0.3 is 0 Å². The number of piperidine rings is 1. The number of nitrogens with one attached hydrogen (secondary N) is 1. The zero-order chi connectivity index (χ0) is 12.3. The molecule has 6 heteroatoms. The number of aliphatic hydroxyl groups is 1. The average molecular weight is 257 g/mol. The van der Waals surface area contributed by atoms with Gasteiger partial charge in [-0.15, -0.1) is 0 Å². The summed E-state index contributed by atoms with van der Waals surface area (Å²) in [6.45, 7) is 2.29. The highest BCUT2D eigenvalue weighted by molar-refractivity contribution is 6.31. The van der Waals surface area contributed by atoms with Crippen molar-refractivity contribution < 1.29 is 5.11 Å². The quantitative estimate of drug-likeness (QED) is 0.555. The summed E-state index contributed by atoms with van der Waals surface area (Å²) in [5, 5.41) is 10.2. The summed E-state index contributed by atoms with van der Waals surface area (Å²) in [7, 11) is 0. The van der Waals surface area contributed by atoms with Gasteiger partial charge in [-0.05, 0) is 31.5 Å². The Bertz CT molecular complexity index is 388. The number of likely N-dealkylation sites (tertiary alicyclic amines) is 1. The minimum absolute atomic E-state index is 0.238. The lowest BCUT2D eigenvalue weighted by Gasteiger charge is -2.29. The summed E-state index contributed by atoms with van der Waals surface area (Å²) in [5.41, 5.74) is 3.29. The normalized spacial score (nSPS) is 21.5. The highest BCUT2D eigenvalue weighted by Crippen LogP contribution is 2.20. The van der Waals surface area contributed by atoms with Crippen molar-refractivity contribution in [2.75, 3.05) is 18.5 Å². The van der Waals surface area contributed by atoms with Crippen molar-refractivity contribution in [1.82, 2.24) is 9.88 Å². The highest BCUT2D eigenvalue weighted by Gasteiger charge is 2.19. The number of rotatable bonds is 3. The fraction of sp³-hybridized carbons (Fsp3) is 0.545. The molecule has 5 nitrogen and oxygen atoms in total. The predicted molar refractivity (Wildman–Crippen MR) is 67.6 cm³/mol. The summed E-state index contributed by atoms with van der Waals surface area (Å²) in [4.78, 5) is 6.47. The molecule has 0 spiro atoms. The van der Waals surface area contributed by atoms with Gasteiger partial charge in [0.15, 0.2) is 0 Å². The number of nitrogens with zero attached hydrogens (tertiary/aromatic N) is 2. The Morgan fingerprint density at radius 1 is 1.59 bits per heavy atom. The fourth-order valence-corrected chi connectivity index (χ4v) is 2.23. The van der Waals surface area contributed by atoms with Crippen LogP contribution in [-0.2, 0) is 6.54 Å². The van der Waals surface area contributed by atoms with Crippen LogP contribution in [0.2, 0.25) is 5.02 Å². The lowest BCUT2D eigenvalue weighted by molar-refractivity contribution is 0.0662. The smallest absolute Gasteiger partial charge is 0.140 e. The van der Waals surface area contributed by atoms with E-state index in [-0.39, 0.29) is 6.10 Å². The van der Waals surface area contributed by atoms with Crippen molar-refractivity contribution in [3.63, 3.8) is 0 Å². The third-order valence-corrected chi connectivity index (χ3v) is 3.26. The minimum atomic E-state index is -0.238. The highest BCUT2D eigenvalue weighted by atomic mass is 35.5. The van der Waals surface area contributed by atoms with Crippen LogP contribution in [0.25, 0.3) is 0 Å². The maximum atomic E-state index is 9.60. The van der Waals surface area contributed by atoms with E-state index < -0.39 is 0 Å². The molecule has 0 radical (unpaired) electrons. The first-order chi connectivity index (χ1) is 8.19. The Hall–Kier alpha value is -0.880. The second-order valence-corrected chi connectivity index (χ2v) is 4.71. The Morgan fingerprint density at radius 2 is 2.41 bits per heavy atom. The van der Waals surface area contributed by atoms with Gasteiger partial charge in [-0.25, -0.2) is 10.8 Å². The third-order valence-electron chi connectivity index (χ3n) is 2.92. The van der Waals surface area contributed by atoms with E-state index in [4.69, 9.17) is 17.4 Å². The maximum Gasteiger partial charge on any atom is 0.140 e. The Kier molecular flexibility index (Phi) is 4.17. The van der Waals surface area contributed by atoms with Gasteiger partial charge in [0.2, 0.25) is 0 Å². The molecule has 0 amide bonds. The van der Waals surface area contributed by atoms with Crippen molar-refractivity contribution in [1.29, 1.82) is 0 Å². The number of aromatic nitrogens is 1. The molecule has 1 atom stereocenters. The van der Waals surface area contributed by atoms with Gasteiger partial charge in [-0.3, -0.25) is 4.90 Å². The van der Waals surface area contributed by atoms with E-state index in [1.165, 1.54) is 0 Å². The minimum Gasteiger partial charge on any atom is -0.392 e. The van der Waals surface area contributed by atoms with E-state index in [9.17, 15) is 5.11 Å². The molecule has 94 valence electrons. The SMILES string of the molecule is NNc1ccc(Cl)c(CN2CCCC(O)C2)n1. The lowest BCUT2D eigenvalue weighted by atomic mass is 10.1. The number of hydrazine groups is 1. The van der Waals surface area contributed by atoms with E-state index in [0.717, 1.165) is 25.1 Å². The standard InChI is InChI=1S/C11H17ClN4O/c12-9-3-4-11(15-13)14-10(9)7-16-5-1-2-8(17)6-16/h3-4,8,17H,1-2,5-7,13H2,(H,14,15). The Balaban J connectivity index is 2.06. The second-order valence-electron chi connectivity index (χ2n) is 4.30. The monoisotopic (exact) mass is 256 g/mol. The zero-order valence-corrected chi connectivity index (χ0v) is 10.3. The van der Waals surface area contributed by atoms with Gasteiger partial charge in [0, 0.05) is 13.1 Å². The largest absolute Gasteiger partial charge is 0.392 e. The molecule has 0 bridgehead atoms. The topological polar surface area (TPSA) is 74.4 Å². The molecule has 1 aliphatic rings. The van der Waals surface area contributed by atoms with Crippen LogP contribution < -0.4 is 11.3 Å². The average Bonchev–Trinajstić information content (AvgIpc) is 2.32. The summed E-state index contributed by atoms with van der Waals surface area (Å²) >= 11 is 6.09. The molecule has 1 unspecified atom stereocenters. The van der Waals surface area contributed by atoms with Crippen molar-refractivity contribution in [3.05, 3.63) is 22.8 Å². The van der Waals surface area contributed by atoms with Gasteiger partial charge in [-0.2, -0.15) is 0 Å². The van der Waals surface area contributed by atoms with Crippen LogP contribution >= 0.6 is 11.6 Å². The van der Waals surface area contributed by atoms with Crippen molar-refractivity contribution in [2.45, 2.75) is 25.5 Å². The molecule has 1 fully saturated rings. The molecule has 2 heterocycles. The van der Waals surface area contributed by atoms with Crippen molar-refractivity contribution in [3.8, 4) is 0 Å². The molecule has 1 saturated heterocycles. The molecular weight excluding hydrogens is 240 g/mol. The first kappa shape index (κ1) is 12.6. The second kappa shape index (κ2) is 5.64. The molecule has 1 aliphatic heterocycles. The molecule has 0 aliphatic carbocycles. The third kappa shape index (κ3) is 3.29. The zero-order valence-electron chi connectivity index (χ0n) is 9.56. The number of nitrogen functional groups attached to an aromatic ring is 1. The molecule has 0 aromatic carbocycles. The van der Waals surface area contributed by atoms with E-state index in [1.807, 2.05) is 0 Å². The summed E-state index contributed by atoms with van der Waals surface area (Å²) in [6, 6.07) is 3.51. The summed E-state index contributed by atoms with van der Waals surface area (Å²) < 4.78 is 0. The van der Waals surface area contributed by atoms with E-state index in [0.29, 0.717) is 23.9 Å². The number of halogens is 1. The van der Waals surface area contributed by atoms with Crippen molar-refractivity contribution in [2.24, 2.45) is 5.84 Å². The van der Waals surface area contributed by atoms with Crippen LogP contribution in [0.1, 0.15) is 18.5 Å². The maximum absolute atomic E-state index is 9.60. The molecular formula is C11H17ClN4O. The van der Waals surface area contributed by atoms with Crippen LogP contribution in [0.15, 0.2) is 12.1 Å². The predicted octanol–water partition coefficient (Wildman–Crippen LogP) is 0.977. The summed E-state index contributed by atoms with van der Waals surface area (Å²) in [6.07, 6.45) is 1.65. The van der Waals surface area contributed by atoms with Gasteiger partial charge in [0.1, 0.15) is 5.82 Å². The van der Waals surface area contributed by atoms with Crippen LogP contribution in [-0.4, -0.2) is 34.2 Å². The fourth-order valence-electron chi connectivity index (χ4n) is 2.06. The lowest BCUT2D eigenvalue weighted by Crippen LogP contribution is -2.37. The van der Waals surface area contributed by atoms with Gasteiger partial charge < -0.3 is 10.5 Å². The molecule has 2 rings (SSSR count). The van der Waals surface area contributed by atoms with Crippen molar-refractivity contribution >= 4 is 17.4 Å². The van der Waals surface area contributed by atoms with E-state index in [1.54, 1.807) is 12.1 Å². The Labute approximate surface area is 106 Å². The van der Waals surface area contributed by atoms with Crippen LogP contribution in [0.4, 0.5) is 5.82 Å². The number of hydrogen-bond donors (Lipinski definition) is 3. The van der Waals surface area contributed by atoms with Gasteiger partial charge in [-0.1, -0.05) is 11.6 Å². The number of hydrogen-bond acceptors (Lipinski definition) is 5. The first-order valence-electron chi connectivity index (χ1n) is 5.71. The van der Waals surface area contributed by atoms with Gasteiger partial charge in [0.05, 0.1) is 16.8 Å². The number of aliphatic hydroxyl groups excluding tert-OH is 1. The van der Waals surface area contributed by atoms with Crippen LogP contribution in [0.5, 0.6) is 0 Å².